The van der Waals surface area contributed by atoms with Gasteiger partial charge in [0.1, 0.15) is 29.5 Å². The van der Waals surface area contributed by atoms with Gasteiger partial charge in [0.05, 0.1) is 24.3 Å². The molecule has 1 aliphatic rings. The van der Waals surface area contributed by atoms with Crippen molar-refractivity contribution in [1.29, 1.82) is 0 Å². The average Bonchev–Trinajstić information content (AvgIpc) is 3.97. The number of carboxylic acid groups (broad SMARTS) is 2. The zero-order chi connectivity index (χ0) is 58.6. The molecular formula is C57H75F2N7O12S. The van der Waals surface area contributed by atoms with Gasteiger partial charge in [-0.15, -0.1) is 0 Å². The van der Waals surface area contributed by atoms with E-state index in [1.165, 1.54) is 12.2 Å². The van der Waals surface area contributed by atoms with Crippen LogP contribution in [-0.4, -0.2) is 133 Å². The Morgan fingerprint density at radius 1 is 0.785 bits per heavy atom. The van der Waals surface area contributed by atoms with Crippen molar-refractivity contribution in [1.82, 2.24) is 30.3 Å². The third-order valence-corrected chi connectivity index (χ3v) is 14.3. The first-order valence-corrected chi connectivity index (χ1v) is 27.6. The van der Waals surface area contributed by atoms with Crippen molar-refractivity contribution >= 4 is 70.7 Å². The quantitative estimate of drug-likeness (QED) is 0.0297. The largest absolute Gasteiger partial charge is 0.480 e. The number of carbonyl (C=O) groups excluding carboxylic acids is 8. The Balaban J connectivity index is 1.48. The minimum Gasteiger partial charge on any atom is -0.480 e. The summed E-state index contributed by atoms with van der Waals surface area (Å²) < 4.78 is 32.0. The number of amides is 6. The first-order chi connectivity index (χ1) is 37.3. The van der Waals surface area contributed by atoms with Crippen molar-refractivity contribution < 1.29 is 66.9 Å². The molecule has 5 atom stereocenters. The number of carbonyl (C=O) groups is 10. The van der Waals surface area contributed by atoms with E-state index < -0.39 is 89.8 Å². The molecule has 0 fully saturated rings. The smallest absolute Gasteiger partial charge is 0.328 e. The SMILES string of the molecule is CC(C)[C@H](CC(=O)CCCCCN1C(=O)C=CC1=O)C(=O)N[C@@H](C)C(=O)CCCCN(C(=O)CSCCC(=O)N[C@H](CNC(=O)C[C@H](N)C(=O)O)C(=O)O)[C@@H](c1cc(-c2cc(F)ccc2F)cn1Cc1ccccc1)C(C)(C)C. The van der Waals surface area contributed by atoms with Gasteiger partial charge in [-0.3, -0.25) is 48.1 Å². The lowest BCUT2D eigenvalue weighted by Crippen LogP contribution is -2.49. The Morgan fingerprint density at radius 3 is 2.09 bits per heavy atom. The van der Waals surface area contributed by atoms with Crippen molar-refractivity contribution in [3.63, 3.8) is 0 Å². The van der Waals surface area contributed by atoms with Gasteiger partial charge in [0, 0.05) is 98.7 Å². The maximum absolute atomic E-state index is 15.4. The number of nitrogens with one attached hydrogen (secondary N) is 3. The summed E-state index contributed by atoms with van der Waals surface area (Å²) in [7, 11) is 0. The second-order valence-corrected chi connectivity index (χ2v) is 22.3. The highest BCUT2D eigenvalue weighted by Gasteiger charge is 2.38. The Bertz CT molecular complexity index is 2670. The van der Waals surface area contributed by atoms with E-state index in [1.54, 1.807) is 24.1 Å². The highest BCUT2D eigenvalue weighted by atomic mass is 32.2. The number of aliphatic carboxylic acids is 2. The highest BCUT2D eigenvalue weighted by molar-refractivity contribution is 7.99. The average molecular weight is 1120 g/mol. The molecule has 2 aromatic carbocycles. The summed E-state index contributed by atoms with van der Waals surface area (Å²) in [5.41, 5.74) is 6.57. The second kappa shape index (κ2) is 30.9. The van der Waals surface area contributed by atoms with Gasteiger partial charge in [-0.25, -0.2) is 13.6 Å². The number of benzene rings is 2. The molecule has 22 heteroatoms. The molecule has 0 unspecified atom stereocenters. The van der Waals surface area contributed by atoms with Crippen molar-refractivity contribution in [2.75, 3.05) is 31.1 Å². The molecule has 0 saturated carbocycles. The number of hydrogen-bond donors (Lipinski definition) is 6. The van der Waals surface area contributed by atoms with Crippen LogP contribution in [0.1, 0.15) is 123 Å². The van der Waals surface area contributed by atoms with Crippen LogP contribution in [-0.2, 0) is 54.5 Å². The van der Waals surface area contributed by atoms with E-state index in [9.17, 15) is 57.4 Å². The molecule has 1 aliphatic heterocycles. The maximum atomic E-state index is 15.4. The van der Waals surface area contributed by atoms with Crippen LogP contribution in [0.15, 0.2) is 72.9 Å². The first-order valence-electron chi connectivity index (χ1n) is 26.5. The molecule has 19 nitrogen and oxygen atoms in total. The second-order valence-electron chi connectivity index (χ2n) is 21.2. The Hall–Kier alpha value is -7.07. The number of halogens is 2. The molecule has 2 heterocycles. The molecule has 4 rings (SSSR count). The molecule has 0 saturated heterocycles. The van der Waals surface area contributed by atoms with Gasteiger partial charge in [0.15, 0.2) is 5.78 Å². The monoisotopic (exact) mass is 1120 g/mol. The molecule has 3 aromatic rings. The number of carboxylic acids is 2. The van der Waals surface area contributed by atoms with Crippen LogP contribution in [0, 0.1) is 28.9 Å². The minimum absolute atomic E-state index is 0.0176. The number of ketones is 2. The summed E-state index contributed by atoms with van der Waals surface area (Å²) in [5, 5.41) is 26.0. The highest BCUT2D eigenvalue weighted by Crippen LogP contribution is 2.41. The summed E-state index contributed by atoms with van der Waals surface area (Å²) in [5.74, 6) is -8.54. The van der Waals surface area contributed by atoms with E-state index in [4.69, 9.17) is 10.8 Å². The van der Waals surface area contributed by atoms with Gasteiger partial charge in [0.2, 0.25) is 23.6 Å². The van der Waals surface area contributed by atoms with Crippen LogP contribution in [0.3, 0.4) is 0 Å². The first kappa shape index (κ1) is 64.5. The number of thioether (sulfide) groups is 1. The number of nitrogens with zero attached hydrogens (tertiary/aromatic N) is 3. The fraction of sp³-hybridized carbons (Fsp3) is 0.509. The van der Waals surface area contributed by atoms with Gasteiger partial charge in [-0.1, -0.05) is 71.4 Å². The summed E-state index contributed by atoms with van der Waals surface area (Å²) in [6.45, 7) is 11.2. The molecule has 430 valence electrons. The number of imide groups is 1. The Labute approximate surface area is 463 Å². The van der Waals surface area contributed by atoms with Gasteiger partial charge < -0.3 is 41.4 Å². The number of hydrogen-bond acceptors (Lipinski definition) is 12. The predicted molar refractivity (Wildman–Crippen MR) is 293 cm³/mol. The third kappa shape index (κ3) is 20.6. The lowest BCUT2D eigenvalue weighted by molar-refractivity contribution is -0.142. The molecule has 0 bridgehead atoms. The third-order valence-electron chi connectivity index (χ3n) is 13.4. The van der Waals surface area contributed by atoms with Crippen molar-refractivity contribution in [2.24, 2.45) is 23.0 Å². The number of nitrogens with two attached hydrogens (primary N) is 1. The van der Waals surface area contributed by atoms with Gasteiger partial charge in [-0.2, -0.15) is 11.8 Å². The summed E-state index contributed by atoms with van der Waals surface area (Å²) >= 11 is 1.11. The van der Waals surface area contributed by atoms with Gasteiger partial charge in [0.25, 0.3) is 11.8 Å². The van der Waals surface area contributed by atoms with Crippen LogP contribution in [0.25, 0.3) is 11.1 Å². The lowest BCUT2D eigenvalue weighted by atomic mass is 9.82. The fourth-order valence-electron chi connectivity index (χ4n) is 9.06. The lowest BCUT2D eigenvalue weighted by Gasteiger charge is -2.41. The number of Topliss-reactive ketones (excluding diaryl/α,β-unsaturated/α-hetero) is 2. The Morgan fingerprint density at radius 2 is 1.46 bits per heavy atom. The maximum Gasteiger partial charge on any atom is 0.328 e. The van der Waals surface area contributed by atoms with Crippen LogP contribution in [0.4, 0.5) is 8.78 Å². The predicted octanol–water partition coefficient (Wildman–Crippen LogP) is 5.97. The summed E-state index contributed by atoms with van der Waals surface area (Å²) in [6, 6.07) is 9.70. The number of rotatable bonds is 34. The summed E-state index contributed by atoms with van der Waals surface area (Å²) in [6.07, 6.45) is 5.87. The molecule has 6 amide bonds. The molecule has 0 radical (unpaired) electrons. The van der Waals surface area contributed by atoms with E-state index in [2.05, 4.69) is 16.0 Å². The molecule has 7 N–H and O–H groups in total. The molecular weight excluding hydrogens is 1040 g/mol. The van der Waals surface area contributed by atoms with Crippen molar-refractivity contribution in [2.45, 2.75) is 136 Å². The topological polar surface area (TPSA) is 285 Å². The van der Waals surface area contributed by atoms with Crippen LogP contribution in [0.5, 0.6) is 0 Å². The number of aromatic nitrogens is 1. The zero-order valence-corrected chi connectivity index (χ0v) is 46.6. The Kier molecular flexibility index (Phi) is 25.2. The van der Waals surface area contributed by atoms with Crippen LogP contribution in [0.2, 0.25) is 0 Å². The van der Waals surface area contributed by atoms with Gasteiger partial charge >= 0.3 is 11.9 Å². The van der Waals surface area contributed by atoms with E-state index in [-0.39, 0.29) is 91.0 Å². The molecule has 0 spiro atoms. The van der Waals surface area contributed by atoms with E-state index in [0.29, 0.717) is 49.9 Å². The van der Waals surface area contributed by atoms with Crippen LogP contribution >= 0.6 is 11.8 Å². The molecule has 79 heavy (non-hydrogen) atoms. The molecule has 0 aliphatic carbocycles. The van der Waals surface area contributed by atoms with Crippen LogP contribution < -0.4 is 21.7 Å². The standard InChI is InChI=1S/C57H75F2N7O12S/c1-35(2)41(29-40(67)17-11-8-13-24-65-50(71)21-22-51(65)72)54(74)62-36(3)47(68)18-12-14-25-66(52(73)34-79-26-23-48(69)63-45(56(77)78)31-61-49(70)30-44(60)55(75)76)53(57(4,5)6)46-27-38(42-28-39(58)19-20-43(42)59)33-64(46)32-37-15-9-7-10-16-37/h7,9-10,15-16,19-22,27-28,33,35-36,41,44-45,53H,8,11-14,17-18,23-26,29-32,34,60H2,1-6H3,(H,61,70)(H,62,74)(H,63,69)(H,75,76)(H,77,78)/t36-,41-,44-,45+,53-/m0/s1. The van der Waals surface area contributed by atoms with Crippen molar-refractivity contribution in [3.8, 4) is 11.1 Å². The fourth-order valence-corrected chi connectivity index (χ4v) is 9.87. The van der Waals surface area contributed by atoms with E-state index in [0.717, 1.165) is 40.4 Å². The van der Waals surface area contributed by atoms with Crippen molar-refractivity contribution in [3.05, 3.63) is 95.8 Å². The van der Waals surface area contributed by atoms with E-state index >= 15 is 4.39 Å². The normalized spacial score (nSPS) is 14.3. The van der Waals surface area contributed by atoms with E-state index in [1.807, 2.05) is 69.5 Å². The molecule has 1 aromatic heterocycles. The number of unbranched alkanes of at least 4 members (excludes halogenated alkanes) is 3. The minimum atomic E-state index is -1.55. The zero-order valence-electron chi connectivity index (χ0n) is 45.8. The van der Waals surface area contributed by atoms with Gasteiger partial charge in [-0.05, 0) is 73.8 Å². The summed E-state index contributed by atoms with van der Waals surface area (Å²) in [4.78, 5) is 129.